The molecule has 0 atom stereocenters. The molecule has 0 aliphatic carbocycles. The summed E-state index contributed by atoms with van der Waals surface area (Å²) in [5.74, 6) is 1.83. The zero-order valence-corrected chi connectivity index (χ0v) is 11.7. The average molecular weight is 275 g/mol. The maximum atomic E-state index is 5.36. The van der Waals surface area contributed by atoms with Gasteiger partial charge >= 0.3 is 0 Å². The molecule has 0 radical (unpaired) electrons. The van der Waals surface area contributed by atoms with Crippen molar-refractivity contribution in [1.82, 2.24) is 15.1 Å². The summed E-state index contributed by atoms with van der Waals surface area (Å²) in [5.41, 5.74) is 2.50. The van der Waals surface area contributed by atoms with E-state index in [1.807, 2.05) is 18.3 Å². The first kappa shape index (κ1) is 12.6. The zero-order valence-electron chi connectivity index (χ0n) is 10.9. The maximum Gasteiger partial charge on any atom is 0.114 e. The van der Waals surface area contributed by atoms with Crippen molar-refractivity contribution in [2.24, 2.45) is 0 Å². The second kappa shape index (κ2) is 5.67. The summed E-state index contributed by atoms with van der Waals surface area (Å²) in [6.07, 6.45) is 7.03. The number of aromatic nitrogens is 2. The van der Waals surface area contributed by atoms with Gasteiger partial charge in [0.1, 0.15) is 5.76 Å². The minimum Gasteiger partial charge on any atom is -0.468 e. The predicted octanol–water partition coefficient (Wildman–Crippen LogP) is 3.01. The fourth-order valence-corrected chi connectivity index (χ4v) is 3.14. The second-order valence-electron chi connectivity index (χ2n) is 4.73. The van der Waals surface area contributed by atoms with Crippen LogP contribution in [0.1, 0.15) is 17.9 Å². The van der Waals surface area contributed by atoms with Crippen LogP contribution >= 0.6 is 11.8 Å². The standard InChI is InChI=1S/C14H17N3OS/c1-17-6-2-4-11(9-17)14-13(8-15-16-14)19-10-12-5-3-7-18-12/h3-5,7-8H,2,6,9-10H2,1H3,(H,15,16). The SMILES string of the molecule is CN1CCC=C(c2[nH]ncc2SCc2ccco2)C1. The van der Waals surface area contributed by atoms with Gasteiger partial charge in [-0.1, -0.05) is 6.08 Å². The predicted molar refractivity (Wildman–Crippen MR) is 76.9 cm³/mol. The van der Waals surface area contributed by atoms with E-state index < -0.39 is 0 Å². The third-order valence-electron chi connectivity index (χ3n) is 3.22. The lowest BCUT2D eigenvalue weighted by Gasteiger charge is -2.22. The number of nitrogens with one attached hydrogen (secondary N) is 1. The fraction of sp³-hybridized carbons (Fsp3) is 0.357. The number of aromatic amines is 1. The first-order chi connectivity index (χ1) is 9.33. The summed E-state index contributed by atoms with van der Waals surface area (Å²) < 4.78 is 5.36. The number of nitrogens with zero attached hydrogens (tertiary/aromatic N) is 2. The van der Waals surface area contributed by atoms with E-state index in [1.165, 1.54) is 10.5 Å². The number of hydrogen-bond acceptors (Lipinski definition) is 4. The number of likely N-dealkylation sites (N-methyl/N-ethyl adjacent to an activating group) is 1. The summed E-state index contributed by atoms with van der Waals surface area (Å²) in [5, 5.41) is 7.32. The van der Waals surface area contributed by atoms with Gasteiger partial charge in [-0.15, -0.1) is 11.8 Å². The van der Waals surface area contributed by atoms with Crippen molar-refractivity contribution in [1.29, 1.82) is 0 Å². The van der Waals surface area contributed by atoms with E-state index >= 15 is 0 Å². The molecule has 1 aliphatic heterocycles. The normalized spacial score (nSPS) is 16.6. The molecule has 0 unspecified atom stereocenters. The van der Waals surface area contributed by atoms with Gasteiger partial charge in [0, 0.05) is 13.1 Å². The number of rotatable bonds is 4. The van der Waals surface area contributed by atoms with Gasteiger partial charge in [0.2, 0.25) is 0 Å². The number of thioether (sulfide) groups is 1. The Bertz CT molecular complexity index is 559. The van der Waals surface area contributed by atoms with E-state index in [9.17, 15) is 0 Å². The largest absolute Gasteiger partial charge is 0.468 e. The molecule has 0 saturated heterocycles. The maximum absolute atomic E-state index is 5.36. The number of furan rings is 1. The minimum atomic E-state index is 0.836. The van der Waals surface area contributed by atoms with Crippen LogP contribution in [0.3, 0.4) is 0 Å². The summed E-state index contributed by atoms with van der Waals surface area (Å²) in [6, 6.07) is 3.92. The Labute approximate surface area is 116 Å². The van der Waals surface area contributed by atoms with Crippen molar-refractivity contribution >= 4 is 17.3 Å². The van der Waals surface area contributed by atoms with Crippen LogP contribution in [0.4, 0.5) is 0 Å². The van der Waals surface area contributed by atoms with E-state index in [1.54, 1.807) is 18.0 Å². The van der Waals surface area contributed by atoms with Gasteiger partial charge in [0.05, 0.1) is 28.8 Å². The van der Waals surface area contributed by atoms with Crippen LogP contribution in [0.5, 0.6) is 0 Å². The van der Waals surface area contributed by atoms with Gasteiger partial charge in [0.15, 0.2) is 0 Å². The molecule has 2 aromatic rings. The van der Waals surface area contributed by atoms with Gasteiger partial charge in [-0.25, -0.2) is 0 Å². The topological polar surface area (TPSA) is 45.1 Å². The Kier molecular flexibility index (Phi) is 3.75. The summed E-state index contributed by atoms with van der Waals surface area (Å²) in [6.45, 7) is 2.11. The van der Waals surface area contributed by atoms with Crippen molar-refractivity contribution in [2.75, 3.05) is 20.1 Å². The fourth-order valence-electron chi connectivity index (χ4n) is 2.23. The van der Waals surface area contributed by atoms with Gasteiger partial charge in [-0.05, 0) is 31.2 Å². The Morgan fingerprint density at radius 3 is 3.26 bits per heavy atom. The van der Waals surface area contributed by atoms with Crippen LogP contribution in [0, 0.1) is 0 Å². The summed E-state index contributed by atoms with van der Waals surface area (Å²) >= 11 is 1.76. The molecule has 4 nitrogen and oxygen atoms in total. The first-order valence-corrected chi connectivity index (χ1v) is 7.38. The molecule has 0 saturated carbocycles. The smallest absolute Gasteiger partial charge is 0.114 e. The highest BCUT2D eigenvalue weighted by Gasteiger charge is 2.15. The molecule has 0 amide bonds. The molecular formula is C14H17N3OS. The van der Waals surface area contributed by atoms with E-state index in [0.29, 0.717) is 0 Å². The van der Waals surface area contributed by atoms with Gasteiger partial charge in [0.25, 0.3) is 0 Å². The van der Waals surface area contributed by atoms with Crippen LogP contribution in [0.15, 0.2) is 40.0 Å². The van der Waals surface area contributed by atoms with Crippen molar-refractivity contribution in [3.05, 3.63) is 42.1 Å². The van der Waals surface area contributed by atoms with Gasteiger partial charge in [-0.2, -0.15) is 5.10 Å². The van der Waals surface area contributed by atoms with Gasteiger partial charge < -0.3 is 9.32 Å². The van der Waals surface area contributed by atoms with Crippen LogP contribution in [-0.4, -0.2) is 35.2 Å². The van der Waals surface area contributed by atoms with E-state index in [4.69, 9.17) is 4.42 Å². The Hall–Kier alpha value is -1.46. The molecule has 3 heterocycles. The molecule has 0 fully saturated rings. The van der Waals surface area contributed by atoms with Crippen LogP contribution in [0.25, 0.3) is 5.57 Å². The monoisotopic (exact) mass is 275 g/mol. The quantitative estimate of drug-likeness (QED) is 0.871. The van der Waals surface area contributed by atoms with E-state index in [2.05, 4.69) is 28.2 Å². The zero-order chi connectivity index (χ0) is 13.1. The Balaban J connectivity index is 1.73. The molecule has 0 bridgehead atoms. The Morgan fingerprint density at radius 1 is 1.53 bits per heavy atom. The third-order valence-corrected chi connectivity index (χ3v) is 4.27. The lowest BCUT2D eigenvalue weighted by Crippen LogP contribution is -2.25. The van der Waals surface area contributed by atoms with Crippen molar-refractivity contribution in [3.63, 3.8) is 0 Å². The van der Waals surface area contributed by atoms with Crippen LogP contribution in [0.2, 0.25) is 0 Å². The molecule has 0 aromatic carbocycles. The molecule has 3 rings (SSSR count). The second-order valence-corrected chi connectivity index (χ2v) is 5.75. The highest BCUT2D eigenvalue weighted by Crippen LogP contribution is 2.30. The first-order valence-electron chi connectivity index (χ1n) is 6.39. The highest BCUT2D eigenvalue weighted by atomic mass is 32.2. The molecule has 1 N–H and O–H groups in total. The van der Waals surface area contributed by atoms with Crippen LogP contribution in [-0.2, 0) is 5.75 Å². The molecule has 5 heteroatoms. The van der Waals surface area contributed by atoms with Crippen LogP contribution < -0.4 is 0 Å². The van der Waals surface area contributed by atoms with E-state index in [0.717, 1.165) is 36.7 Å². The lowest BCUT2D eigenvalue weighted by atomic mass is 10.1. The van der Waals surface area contributed by atoms with Gasteiger partial charge in [-0.3, -0.25) is 5.10 Å². The van der Waals surface area contributed by atoms with Crippen molar-refractivity contribution < 1.29 is 4.42 Å². The lowest BCUT2D eigenvalue weighted by molar-refractivity contribution is 0.372. The minimum absolute atomic E-state index is 0.836. The molecule has 2 aromatic heterocycles. The average Bonchev–Trinajstić information content (AvgIpc) is 3.08. The van der Waals surface area contributed by atoms with Crippen molar-refractivity contribution in [2.45, 2.75) is 17.1 Å². The molecule has 1 aliphatic rings. The molecular weight excluding hydrogens is 258 g/mol. The molecule has 0 spiro atoms. The highest BCUT2D eigenvalue weighted by molar-refractivity contribution is 7.98. The van der Waals surface area contributed by atoms with Crippen molar-refractivity contribution in [3.8, 4) is 0 Å². The summed E-state index contributed by atoms with van der Waals surface area (Å²) in [4.78, 5) is 3.52. The van der Waals surface area contributed by atoms with E-state index in [-0.39, 0.29) is 0 Å². The summed E-state index contributed by atoms with van der Waals surface area (Å²) in [7, 11) is 2.15. The number of hydrogen-bond donors (Lipinski definition) is 1. The number of H-pyrrole nitrogens is 1. The Morgan fingerprint density at radius 2 is 2.47 bits per heavy atom. The molecule has 19 heavy (non-hydrogen) atoms. The molecule has 100 valence electrons. The third kappa shape index (κ3) is 2.93.